The van der Waals surface area contributed by atoms with Gasteiger partial charge in [0.05, 0.1) is 15.6 Å². The van der Waals surface area contributed by atoms with Gasteiger partial charge in [-0.3, -0.25) is 4.79 Å². The van der Waals surface area contributed by atoms with Crippen molar-refractivity contribution in [3.63, 3.8) is 0 Å². The second-order valence-electron chi connectivity index (χ2n) is 4.54. The highest BCUT2D eigenvalue weighted by Crippen LogP contribution is 2.24. The Morgan fingerprint density at radius 1 is 1.14 bits per heavy atom. The molecule has 0 unspecified atom stereocenters. The van der Waals surface area contributed by atoms with Gasteiger partial charge in [0.2, 0.25) is 0 Å². The van der Waals surface area contributed by atoms with Crippen molar-refractivity contribution >= 4 is 63.5 Å². The van der Waals surface area contributed by atoms with E-state index in [2.05, 4.69) is 52.2 Å². The summed E-state index contributed by atoms with van der Waals surface area (Å²) in [5.74, 6) is 1.53. The molecule has 0 aromatic heterocycles. The van der Waals surface area contributed by atoms with Crippen molar-refractivity contribution in [1.29, 1.82) is 0 Å². The molecule has 22 heavy (non-hydrogen) atoms. The third-order valence-electron chi connectivity index (χ3n) is 2.88. The van der Waals surface area contributed by atoms with Crippen LogP contribution in [0.3, 0.4) is 0 Å². The monoisotopic (exact) mass is 465 g/mol. The van der Waals surface area contributed by atoms with Crippen LogP contribution in [0, 0.1) is 3.57 Å². The molecule has 1 amide bonds. The molecular formula is C16H14Cl2INOS. The van der Waals surface area contributed by atoms with Crippen LogP contribution >= 0.6 is 57.6 Å². The van der Waals surface area contributed by atoms with E-state index in [-0.39, 0.29) is 5.91 Å². The summed E-state index contributed by atoms with van der Waals surface area (Å²) < 4.78 is 1.23. The van der Waals surface area contributed by atoms with Crippen LogP contribution < -0.4 is 5.32 Å². The van der Waals surface area contributed by atoms with E-state index in [0.717, 1.165) is 11.5 Å². The second-order valence-corrected chi connectivity index (χ2v) is 7.70. The average Bonchev–Trinajstić information content (AvgIpc) is 2.47. The van der Waals surface area contributed by atoms with Gasteiger partial charge in [-0.2, -0.15) is 11.8 Å². The smallest absolute Gasteiger partial charge is 0.254 e. The molecule has 0 bridgehead atoms. The first-order chi connectivity index (χ1) is 10.6. The maximum absolute atomic E-state index is 12.1. The molecule has 0 aliphatic carbocycles. The van der Waals surface area contributed by atoms with Gasteiger partial charge in [-0.1, -0.05) is 41.4 Å². The van der Waals surface area contributed by atoms with Crippen molar-refractivity contribution in [2.45, 2.75) is 5.75 Å². The zero-order valence-corrected chi connectivity index (χ0v) is 16.1. The number of amides is 1. The predicted octanol–water partition coefficient (Wildman–Crippen LogP) is 5.26. The molecule has 0 saturated heterocycles. The van der Waals surface area contributed by atoms with Crippen LogP contribution in [0.4, 0.5) is 0 Å². The highest BCUT2D eigenvalue weighted by molar-refractivity contribution is 14.1. The van der Waals surface area contributed by atoms with Gasteiger partial charge in [-0.15, -0.1) is 0 Å². The number of rotatable bonds is 6. The van der Waals surface area contributed by atoms with Crippen LogP contribution in [0.2, 0.25) is 10.0 Å². The predicted molar refractivity (Wildman–Crippen MR) is 104 cm³/mol. The van der Waals surface area contributed by atoms with Gasteiger partial charge < -0.3 is 5.32 Å². The Morgan fingerprint density at radius 2 is 1.82 bits per heavy atom. The Hall–Kier alpha value is -0.430. The Morgan fingerprint density at radius 3 is 2.50 bits per heavy atom. The molecule has 116 valence electrons. The summed E-state index contributed by atoms with van der Waals surface area (Å²) in [4.78, 5) is 12.1. The number of halogens is 3. The minimum absolute atomic E-state index is 0.231. The van der Waals surface area contributed by atoms with Crippen LogP contribution in [0.5, 0.6) is 0 Å². The topological polar surface area (TPSA) is 29.1 Å². The summed E-state index contributed by atoms with van der Waals surface area (Å²) in [5.41, 5.74) is 1.63. The molecular weight excluding hydrogens is 452 g/mol. The first kappa shape index (κ1) is 17.9. The Balaban J connectivity index is 1.76. The molecule has 0 radical (unpaired) electrons. The lowest BCUT2D eigenvalue weighted by molar-refractivity contribution is 0.0956. The minimum Gasteiger partial charge on any atom is -0.351 e. The van der Waals surface area contributed by atoms with Crippen LogP contribution in [0.15, 0.2) is 42.5 Å². The summed E-state index contributed by atoms with van der Waals surface area (Å²) in [6, 6.07) is 13.4. The molecule has 0 saturated carbocycles. The first-order valence-electron chi connectivity index (χ1n) is 6.62. The molecule has 2 rings (SSSR count). The van der Waals surface area contributed by atoms with Gasteiger partial charge >= 0.3 is 0 Å². The number of nitrogens with one attached hydrogen (secondary N) is 1. The summed E-state index contributed by atoms with van der Waals surface area (Å²) in [6.45, 7) is 0.578. The quantitative estimate of drug-likeness (QED) is 0.465. The van der Waals surface area contributed by atoms with Crippen LogP contribution in [0.1, 0.15) is 15.9 Å². The average molecular weight is 466 g/mol. The number of thioether (sulfide) groups is 1. The Labute approximate surface area is 158 Å². The SMILES string of the molecule is O=C(NCCSCc1cccc(I)c1)c1c(Cl)cccc1Cl. The molecule has 0 spiro atoms. The van der Waals surface area contributed by atoms with Crippen molar-refractivity contribution in [1.82, 2.24) is 5.32 Å². The molecule has 0 fully saturated rings. The largest absolute Gasteiger partial charge is 0.351 e. The van der Waals surface area contributed by atoms with Gasteiger partial charge in [0.25, 0.3) is 5.91 Å². The van der Waals surface area contributed by atoms with Gasteiger partial charge in [-0.25, -0.2) is 0 Å². The number of carbonyl (C=O) groups is 1. The number of hydrogen-bond donors (Lipinski definition) is 1. The number of benzene rings is 2. The van der Waals surface area contributed by atoms with Gasteiger partial charge in [-0.05, 0) is 52.4 Å². The van der Waals surface area contributed by atoms with E-state index in [1.807, 2.05) is 0 Å². The van der Waals surface area contributed by atoms with Gasteiger partial charge in [0.1, 0.15) is 0 Å². The lowest BCUT2D eigenvalue weighted by atomic mass is 10.2. The molecule has 2 aromatic carbocycles. The molecule has 1 N–H and O–H groups in total. The third-order valence-corrected chi connectivity index (χ3v) is 5.21. The summed E-state index contributed by atoms with van der Waals surface area (Å²) in [6.07, 6.45) is 0. The molecule has 2 aromatic rings. The highest BCUT2D eigenvalue weighted by Gasteiger charge is 2.13. The van der Waals surface area contributed by atoms with Crippen LogP contribution in [-0.2, 0) is 5.75 Å². The van der Waals surface area contributed by atoms with E-state index in [4.69, 9.17) is 23.2 Å². The molecule has 0 aliphatic heterocycles. The summed E-state index contributed by atoms with van der Waals surface area (Å²) in [5, 5.41) is 3.59. The van der Waals surface area contributed by atoms with E-state index in [0.29, 0.717) is 22.2 Å². The summed E-state index contributed by atoms with van der Waals surface area (Å²) >= 11 is 16.1. The van der Waals surface area contributed by atoms with Crippen molar-refractivity contribution in [3.8, 4) is 0 Å². The molecule has 0 heterocycles. The maximum Gasteiger partial charge on any atom is 0.254 e. The standard InChI is InChI=1S/C16H14Cl2INOS/c17-13-5-2-6-14(18)15(13)16(21)20-7-8-22-10-11-3-1-4-12(19)9-11/h1-6,9H,7-8,10H2,(H,20,21). The van der Waals surface area contributed by atoms with Crippen molar-refractivity contribution < 1.29 is 4.79 Å². The lowest BCUT2D eigenvalue weighted by Crippen LogP contribution is -2.26. The zero-order valence-electron chi connectivity index (χ0n) is 11.6. The first-order valence-corrected chi connectivity index (χ1v) is 9.61. The van der Waals surface area contributed by atoms with Crippen molar-refractivity contribution in [3.05, 3.63) is 67.2 Å². The van der Waals surface area contributed by atoms with Crippen molar-refractivity contribution in [2.24, 2.45) is 0 Å². The molecule has 0 atom stereocenters. The molecule has 6 heteroatoms. The Bertz CT molecular complexity index is 646. The fourth-order valence-electron chi connectivity index (χ4n) is 1.86. The van der Waals surface area contributed by atoms with Gasteiger partial charge in [0.15, 0.2) is 0 Å². The van der Waals surface area contributed by atoms with E-state index < -0.39 is 0 Å². The van der Waals surface area contributed by atoms with E-state index in [9.17, 15) is 4.79 Å². The third kappa shape index (κ3) is 5.33. The number of hydrogen-bond acceptors (Lipinski definition) is 2. The van der Waals surface area contributed by atoms with Crippen LogP contribution in [0.25, 0.3) is 0 Å². The fraction of sp³-hybridized carbons (Fsp3) is 0.188. The van der Waals surface area contributed by atoms with E-state index in [1.165, 1.54) is 9.13 Å². The van der Waals surface area contributed by atoms with E-state index >= 15 is 0 Å². The zero-order chi connectivity index (χ0) is 15.9. The Kier molecular flexibility index (Phi) is 7.34. The fourth-order valence-corrected chi connectivity index (χ4v) is 3.84. The van der Waals surface area contributed by atoms with Crippen molar-refractivity contribution in [2.75, 3.05) is 12.3 Å². The summed E-state index contributed by atoms with van der Waals surface area (Å²) in [7, 11) is 0. The van der Waals surface area contributed by atoms with Crippen LogP contribution in [-0.4, -0.2) is 18.2 Å². The highest BCUT2D eigenvalue weighted by atomic mass is 127. The molecule has 0 aliphatic rings. The second kappa shape index (κ2) is 9.01. The normalized spacial score (nSPS) is 10.5. The maximum atomic E-state index is 12.1. The lowest BCUT2D eigenvalue weighted by Gasteiger charge is -2.08. The molecule has 2 nitrogen and oxygen atoms in total. The van der Waals surface area contributed by atoms with Gasteiger partial charge in [0, 0.05) is 21.6 Å². The minimum atomic E-state index is -0.231. The number of carbonyl (C=O) groups excluding carboxylic acids is 1. The van der Waals surface area contributed by atoms with E-state index in [1.54, 1.807) is 30.0 Å².